The molecule has 18 heavy (non-hydrogen) atoms. The Balaban J connectivity index is 1.93. The number of esters is 1. The Morgan fingerprint density at radius 1 is 1.00 bits per heavy atom. The average Bonchev–Trinajstić information content (AvgIpc) is 2.41. The zero-order valence-electron chi connectivity index (χ0n) is 9.75. The second-order valence-corrected chi connectivity index (χ2v) is 4.42. The molecule has 0 unspecified atom stereocenters. The molecule has 1 atom stereocenters. The number of halogens is 1. The van der Waals surface area contributed by atoms with Crippen LogP contribution in [0.15, 0.2) is 60.7 Å². The second kappa shape index (κ2) is 6.22. The van der Waals surface area contributed by atoms with E-state index in [1.54, 1.807) is 12.1 Å². The van der Waals surface area contributed by atoms with Crippen LogP contribution in [0.25, 0.3) is 0 Å². The lowest BCUT2D eigenvalue weighted by Gasteiger charge is -2.09. The molecule has 2 aromatic rings. The molecule has 2 rings (SSSR count). The smallest absolute Gasteiger partial charge is 0.329 e. The molecule has 0 aromatic heterocycles. The molecule has 0 bridgehead atoms. The van der Waals surface area contributed by atoms with E-state index < -0.39 is 11.3 Å². The van der Waals surface area contributed by atoms with Crippen molar-refractivity contribution >= 4 is 17.6 Å². The highest BCUT2D eigenvalue weighted by molar-refractivity contribution is 6.30. The molecule has 3 heteroatoms. The number of rotatable bonds is 4. The van der Waals surface area contributed by atoms with E-state index in [1.165, 1.54) is 0 Å². The fourth-order valence-corrected chi connectivity index (χ4v) is 1.80. The Labute approximate surface area is 111 Å². The summed E-state index contributed by atoms with van der Waals surface area (Å²) in [5, 5.41) is -0.674. The van der Waals surface area contributed by atoms with Crippen LogP contribution in [0, 0.1) is 0 Å². The lowest BCUT2D eigenvalue weighted by atomic mass is 10.1. The fourth-order valence-electron chi connectivity index (χ4n) is 1.57. The molecule has 0 fully saturated rings. The number of carbonyl (C=O) groups is 1. The summed E-state index contributed by atoms with van der Waals surface area (Å²) in [7, 11) is 0. The topological polar surface area (TPSA) is 26.3 Å². The van der Waals surface area contributed by atoms with Crippen LogP contribution >= 0.6 is 11.6 Å². The third-order valence-electron chi connectivity index (χ3n) is 2.48. The van der Waals surface area contributed by atoms with Gasteiger partial charge >= 0.3 is 5.97 Å². The first-order valence-corrected chi connectivity index (χ1v) is 6.14. The number of carbonyl (C=O) groups excluding carboxylic acids is 1. The van der Waals surface area contributed by atoms with Crippen LogP contribution < -0.4 is 4.74 Å². The normalized spacial score (nSPS) is 11.8. The van der Waals surface area contributed by atoms with Gasteiger partial charge in [-0.3, -0.25) is 4.79 Å². The Morgan fingerprint density at radius 3 is 2.17 bits per heavy atom. The highest BCUT2D eigenvalue weighted by Crippen LogP contribution is 2.14. The molecule has 0 aliphatic heterocycles. The monoisotopic (exact) mass is 260 g/mol. The van der Waals surface area contributed by atoms with Gasteiger partial charge in [0.2, 0.25) is 0 Å². The molecule has 2 nitrogen and oxygen atoms in total. The van der Waals surface area contributed by atoms with Crippen molar-refractivity contribution in [1.29, 1.82) is 0 Å². The van der Waals surface area contributed by atoms with Crippen molar-refractivity contribution in [2.45, 2.75) is 11.8 Å². The van der Waals surface area contributed by atoms with Crippen molar-refractivity contribution in [2.75, 3.05) is 0 Å². The van der Waals surface area contributed by atoms with Crippen LogP contribution in [0.5, 0.6) is 5.75 Å². The minimum atomic E-state index is -0.674. The number of ether oxygens (including phenoxy) is 1. The first-order chi connectivity index (χ1) is 8.75. The summed E-state index contributed by atoms with van der Waals surface area (Å²) in [5.41, 5.74) is 1.02. The molecule has 0 amide bonds. The zero-order valence-corrected chi connectivity index (χ0v) is 10.5. The predicted octanol–water partition coefficient (Wildman–Crippen LogP) is 3.44. The van der Waals surface area contributed by atoms with E-state index in [0.717, 1.165) is 5.56 Å². The van der Waals surface area contributed by atoms with E-state index in [4.69, 9.17) is 16.3 Å². The summed E-state index contributed by atoms with van der Waals surface area (Å²) in [6.07, 6.45) is 0.466. The first kappa shape index (κ1) is 12.7. The van der Waals surface area contributed by atoms with Crippen LogP contribution in [0.2, 0.25) is 0 Å². The van der Waals surface area contributed by atoms with E-state index in [-0.39, 0.29) is 0 Å². The average molecular weight is 261 g/mol. The van der Waals surface area contributed by atoms with Gasteiger partial charge in [0, 0.05) is 0 Å². The summed E-state index contributed by atoms with van der Waals surface area (Å²) in [4.78, 5) is 11.8. The van der Waals surface area contributed by atoms with Gasteiger partial charge in [0.05, 0.1) is 0 Å². The molecule has 0 aliphatic rings. The summed E-state index contributed by atoms with van der Waals surface area (Å²) >= 11 is 6.04. The van der Waals surface area contributed by atoms with E-state index >= 15 is 0 Å². The molecule has 0 heterocycles. The Bertz CT molecular complexity index is 496. The van der Waals surface area contributed by atoms with Gasteiger partial charge in [-0.2, -0.15) is 0 Å². The second-order valence-electron chi connectivity index (χ2n) is 3.89. The van der Waals surface area contributed by atoms with Gasteiger partial charge in [-0.05, 0) is 24.1 Å². The number of benzene rings is 2. The first-order valence-electron chi connectivity index (χ1n) is 5.70. The van der Waals surface area contributed by atoms with Crippen molar-refractivity contribution in [2.24, 2.45) is 0 Å². The van der Waals surface area contributed by atoms with Gasteiger partial charge in [0.25, 0.3) is 0 Å². The van der Waals surface area contributed by atoms with E-state index in [0.29, 0.717) is 12.2 Å². The van der Waals surface area contributed by atoms with Gasteiger partial charge < -0.3 is 4.74 Å². The van der Waals surface area contributed by atoms with Gasteiger partial charge in [0.15, 0.2) is 0 Å². The van der Waals surface area contributed by atoms with Crippen LogP contribution in [-0.2, 0) is 11.2 Å². The molecule has 0 N–H and O–H groups in total. The van der Waals surface area contributed by atoms with Crippen LogP contribution in [0.3, 0.4) is 0 Å². The van der Waals surface area contributed by atoms with Crippen LogP contribution in [0.1, 0.15) is 5.56 Å². The Kier molecular flexibility index (Phi) is 4.37. The minimum Gasteiger partial charge on any atom is -0.425 e. The van der Waals surface area contributed by atoms with Gasteiger partial charge in [0.1, 0.15) is 11.1 Å². The minimum absolute atomic E-state index is 0.424. The maximum atomic E-state index is 11.8. The number of hydrogen-bond acceptors (Lipinski definition) is 2. The van der Waals surface area contributed by atoms with Gasteiger partial charge in [-0.15, -0.1) is 11.6 Å². The third-order valence-corrected chi connectivity index (χ3v) is 2.81. The molecule has 0 spiro atoms. The lowest BCUT2D eigenvalue weighted by molar-refractivity contribution is -0.133. The van der Waals surface area contributed by atoms with Crippen LogP contribution in [-0.4, -0.2) is 11.3 Å². The Morgan fingerprint density at radius 2 is 1.56 bits per heavy atom. The van der Waals surface area contributed by atoms with Crippen molar-refractivity contribution in [1.82, 2.24) is 0 Å². The standard InChI is InChI=1S/C15H13ClO2/c16-14(11-12-7-3-1-4-8-12)15(17)18-13-9-5-2-6-10-13/h1-10,14H,11H2/t14-/m0/s1. The molecule has 0 aliphatic carbocycles. The molecular formula is C15H13ClO2. The molecule has 0 saturated carbocycles. The maximum absolute atomic E-state index is 11.8. The predicted molar refractivity (Wildman–Crippen MR) is 71.9 cm³/mol. The van der Waals surface area contributed by atoms with Crippen molar-refractivity contribution in [3.63, 3.8) is 0 Å². The van der Waals surface area contributed by atoms with Crippen molar-refractivity contribution in [3.8, 4) is 5.75 Å². The molecular weight excluding hydrogens is 248 g/mol. The van der Waals surface area contributed by atoms with Gasteiger partial charge in [-0.25, -0.2) is 0 Å². The highest BCUT2D eigenvalue weighted by atomic mass is 35.5. The van der Waals surface area contributed by atoms with Crippen molar-refractivity contribution < 1.29 is 9.53 Å². The molecule has 92 valence electrons. The Hall–Kier alpha value is -1.80. The lowest BCUT2D eigenvalue weighted by Crippen LogP contribution is -2.22. The summed E-state index contributed by atoms with van der Waals surface area (Å²) in [5.74, 6) is 0.0907. The molecule has 0 saturated heterocycles. The highest BCUT2D eigenvalue weighted by Gasteiger charge is 2.18. The van der Waals surface area contributed by atoms with E-state index in [2.05, 4.69) is 0 Å². The zero-order chi connectivity index (χ0) is 12.8. The van der Waals surface area contributed by atoms with E-state index in [1.807, 2.05) is 48.5 Å². The molecule has 0 radical (unpaired) electrons. The summed E-state index contributed by atoms with van der Waals surface area (Å²) < 4.78 is 5.18. The van der Waals surface area contributed by atoms with Gasteiger partial charge in [-0.1, -0.05) is 48.5 Å². The summed E-state index contributed by atoms with van der Waals surface area (Å²) in [6, 6.07) is 18.6. The van der Waals surface area contributed by atoms with Crippen molar-refractivity contribution in [3.05, 3.63) is 66.2 Å². The number of para-hydroxylation sites is 1. The van der Waals surface area contributed by atoms with E-state index in [9.17, 15) is 4.79 Å². The maximum Gasteiger partial charge on any atom is 0.329 e. The molecule has 2 aromatic carbocycles. The SMILES string of the molecule is O=C(Oc1ccccc1)[C@@H](Cl)Cc1ccccc1. The summed E-state index contributed by atoms with van der Waals surface area (Å²) in [6.45, 7) is 0. The number of hydrogen-bond donors (Lipinski definition) is 0. The third kappa shape index (κ3) is 3.60. The fraction of sp³-hybridized carbons (Fsp3) is 0.133. The van der Waals surface area contributed by atoms with Crippen LogP contribution in [0.4, 0.5) is 0 Å². The largest absolute Gasteiger partial charge is 0.425 e. The number of alkyl halides is 1. The quantitative estimate of drug-likeness (QED) is 0.478.